The lowest BCUT2D eigenvalue weighted by atomic mass is 10.2. The van der Waals surface area contributed by atoms with E-state index in [2.05, 4.69) is 5.32 Å². The number of ether oxygens (including phenoxy) is 1. The minimum Gasteiger partial charge on any atom is -0.450 e. The van der Waals surface area contributed by atoms with Crippen LogP contribution in [0.25, 0.3) is 0 Å². The number of nitrogens with zero attached hydrogens (tertiary/aromatic N) is 1. The molecule has 1 amide bonds. The fourth-order valence-corrected chi connectivity index (χ4v) is 5.59. The zero-order valence-corrected chi connectivity index (χ0v) is 19.6. The van der Waals surface area contributed by atoms with E-state index in [1.807, 2.05) is 0 Å². The minimum atomic E-state index is -4.12. The third kappa shape index (κ3) is 6.19. The number of rotatable bonds is 7. The summed E-state index contributed by atoms with van der Waals surface area (Å²) in [4.78, 5) is 24.3. The Balaban J connectivity index is 1.65. The lowest BCUT2D eigenvalue weighted by molar-refractivity contribution is -0.119. The second kappa shape index (κ2) is 10.0. The van der Waals surface area contributed by atoms with Crippen LogP contribution in [0.15, 0.2) is 44.7 Å². The number of furan rings is 1. The van der Waals surface area contributed by atoms with Crippen LogP contribution >= 0.6 is 0 Å². The van der Waals surface area contributed by atoms with Crippen molar-refractivity contribution in [3.63, 3.8) is 0 Å². The van der Waals surface area contributed by atoms with Gasteiger partial charge in [-0.2, -0.15) is 4.31 Å². The first-order valence-electron chi connectivity index (χ1n) is 10.2. The van der Waals surface area contributed by atoms with Crippen molar-refractivity contribution in [3.05, 3.63) is 41.7 Å². The minimum absolute atomic E-state index is 0.102. The number of amides is 1. The van der Waals surface area contributed by atoms with Gasteiger partial charge in [-0.05, 0) is 49.6 Å². The molecule has 1 saturated heterocycles. The molecule has 3 N–H and O–H groups in total. The fourth-order valence-electron chi connectivity index (χ4n) is 3.36. The summed E-state index contributed by atoms with van der Waals surface area (Å²) in [7, 11) is -7.84. The number of carbonyl (C=O) groups excluding carboxylic acids is 2. The van der Waals surface area contributed by atoms with Gasteiger partial charge in [0.2, 0.25) is 20.9 Å². The van der Waals surface area contributed by atoms with Crippen LogP contribution in [0.4, 0.5) is 5.69 Å². The topological polar surface area (TPSA) is 166 Å². The molecule has 1 aliphatic rings. The van der Waals surface area contributed by atoms with E-state index in [0.29, 0.717) is 18.7 Å². The van der Waals surface area contributed by atoms with Crippen molar-refractivity contribution in [1.82, 2.24) is 4.31 Å². The van der Waals surface area contributed by atoms with Gasteiger partial charge in [-0.3, -0.25) is 4.79 Å². The summed E-state index contributed by atoms with van der Waals surface area (Å²) in [6.07, 6.45) is 3.57. The molecule has 0 aliphatic carbocycles. The van der Waals surface area contributed by atoms with Crippen molar-refractivity contribution in [1.29, 1.82) is 0 Å². The first kappa shape index (κ1) is 24.9. The van der Waals surface area contributed by atoms with Gasteiger partial charge in [0.05, 0.1) is 4.90 Å². The molecule has 2 aromatic rings. The van der Waals surface area contributed by atoms with Gasteiger partial charge in [-0.25, -0.2) is 26.8 Å². The van der Waals surface area contributed by atoms with Crippen LogP contribution < -0.4 is 10.5 Å². The molecule has 0 radical (unpaired) electrons. The third-order valence-electron chi connectivity index (χ3n) is 5.05. The van der Waals surface area contributed by atoms with E-state index in [9.17, 15) is 26.4 Å². The number of hydrogen-bond donors (Lipinski definition) is 2. The Bertz CT molecular complexity index is 1240. The molecule has 13 heteroatoms. The molecule has 0 atom stereocenters. The van der Waals surface area contributed by atoms with Crippen LogP contribution in [-0.2, 0) is 29.6 Å². The lowest BCUT2D eigenvalue weighted by Gasteiger charge is -2.21. The van der Waals surface area contributed by atoms with Crippen LogP contribution in [0.2, 0.25) is 0 Å². The first-order valence-corrected chi connectivity index (χ1v) is 13.2. The zero-order valence-electron chi connectivity index (χ0n) is 17.9. The third-order valence-corrected chi connectivity index (χ3v) is 7.87. The smallest absolute Gasteiger partial charge is 0.374 e. The monoisotopic (exact) mass is 499 g/mol. The molecule has 0 spiro atoms. The van der Waals surface area contributed by atoms with Crippen LogP contribution in [0.3, 0.4) is 0 Å². The fraction of sp³-hybridized carbons (Fsp3) is 0.400. The molecule has 11 nitrogen and oxygen atoms in total. The average Bonchev–Trinajstić information content (AvgIpc) is 3.09. The number of nitrogens with two attached hydrogens (primary N) is 1. The second-order valence-corrected chi connectivity index (χ2v) is 11.0. The van der Waals surface area contributed by atoms with Gasteiger partial charge in [0.25, 0.3) is 15.9 Å². The highest BCUT2D eigenvalue weighted by Crippen LogP contribution is 2.26. The van der Waals surface area contributed by atoms with Crippen LogP contribution in [0.5, 0.6) is 0 Å². The molecular formula is C20H25N3O8S2. The van der Waals surface area contributed by atoms with E-state index in [1.54, 1.807) is 19.1 Å². The Kier molecular flexibility index (Phi) is 7.57. The van der Waals surface area contributed by atoms with Gasteiger partial charge in [-0.1, -0.05) is 18.9 Å². The van der Waals surface area contributed by atoms with Gasteiger partial charge >= 0.3 is 5.97 Å². The number of anilines is 1. The van der Waals surface area contributed by atoms with Crippen molar-refractivity contribution in [2.24, 2.45) is 5.14 Å². The summed E-state index contributed by atoms with van der Waals surface area (Å²) in [5, 5.41) is 6.78. The van der Waals surface area contributed by atoms with Crippen molar-refractivity contribution in [2.75, 3.05) is 25.0 Å². The maximum Gasteiger partial charge on any atom is 0.374 e. The zero-order chi connectivity index (χ0) is 24.2. The number of nitrogens with one attached hydrogen (secondary N) is 1. The van der Waals surface area contributed by atoms with Gasteiger partial charge in [0.1, 0.15) is 0 Å². The van der Waals surface area contributed by atoms with Crippen molar-refractivity contribution in [2.45, 2.75) is 42.6 Å². The molecule has 1 aromatic heterocycles. The van der Waals surface area contributed by atoms with E-state index >= 15 is 0 Å². The summed E-state index contributed by atoms with van der Waals surface area (Å²) in [6.45, 7) is 1.88. The normalized spacial score (nSPS) is 15.6. The Morgan fingerprint density at radius 1 is 1.06 bits per heavy atom. The van der Waals surface area contributed by atoms with E-state index in [1.165, 1.54) is 10.4 Å². The molecule has 33 heavy (non-hydrogen) atoms. The van der Waals surface area contributed by atoms with Crippen LogP contribution in [0, 0.1) is 6.92 Å². The standard InChI is InChI=1S/C20H25N3O8S2/c1-14-6-7-15(12-17(14)33(28,29)23-10-4-2-3-5-11-23)22-18(24)13-30-20(25)16-8-9-19(31-16)32(21,26)27/h6-9,12H,2-5,10-11,13H2,1H3,(H,22,24)(H2,21,26,27). The number of hydrogen-bond acceptors (Lipinski definition) is 8. The van der Waals surface area contributed by atoms with Crippen LogP contribution in [-0.4, -0.2) is 52.7 Å². The first-order chi connectivity index (χ1) is 15.5. The maximum atomic E-state index is 13.1. The Hall–Kier alpha value is -2.74. The predicted molar refractivity (Wildman–Crippen MR) is 117 cm³/mol. The molecule has 1 fully saturated rings. The molecule has 0 unspecified atom stereocenters. The number of primary sulfonamides is 1. The van der Waals surface area contributed by atoms with E-state index < -0.39 is 49.4 Å². The highest BCUT2D eigenvalue weighted by atomic mass is 32.2. The van der Waals surface area contributed by atoms with Crippen molar-refractivity contribution >= 4 is 37.6 Å². The summed E-state index contributed by atoms with van der Waals surface area (Å²) >= 11 is 0. The highest BCUT2D eigenvalue weighted by molar-refractivity contribution is 7.89. The number of benzene rings is 1. The van der Waals surface area contributed by atoms with Gasteiger partial charge in [0.15, 0.2) is 6.61 Å². The largest absolute Gasteiger partial charge is 0.450 e. The Labute approximate surface area is 192 Å². The number of aryl methyl sites for hydroxylation is 1. The molecule has 180 valence electrons. The molecule has 2 heterocycles. The van der Waals surface area contributed by atoms with Crippen molar-refractivity contribution < 1.29 is 35.6 Å². The average molecular weight is 500 g/mol. The molecule has 0 saturated carbocycles. The Morgan fingerprint density at radius 2 is 1.73 bits per heavy atom. The summed E-state index contributed by atoms with van der Waals surface area (Å²) in [5.74, 6) is -2.22. The maximum absolute atomic E-state index is 13.1. The molecule has 1 aliphatic heterocycles. The quantitative estimate of drug-likeness (QED) is 0.542. The Morgan fingerprint density at radius 3 is 2.33 bits per heavy atom. The summed E-state index contributed by atoms with van der Waals surface area (Å²) < 4.78 is 59.7. The number of esters is 1. The van der Waals surface area contributed by atoms with E-state index in [0.717, 1.165) is 37.8 Å². The number of sulfonamides is 2. The van der Waals surface area contributed by atoms with Gasteiger partial charge in [0, 0.05) is 18.8 Å². The summed E-state index contributed by atoms with van der Waals surface area (Å²) in [6, 6.07) is 6.55. The van der Waals surface area contributed by atoms with Crippen molar-refractivity contribution in [3.8, 4) is 0 Å². The molecule has 3 rings (SSSR count). The predicted octanol–water partition coefficient (Wildman–Crippen LogP) is 1.60. The number of carbonyl (C=O) groups is 2. The highest BCUT2D eigenvalue weighted by Gasteiger charge is 2.27. The summed E-state index contributed by atoms with van der Waals surface area (Å²) in [5.41, 5.74) is 0.775. The van der Waals surface area contributed by atoms with Gasteiger partial charge < -0.3 is 14.5 Å². The SMILES string of the molecule is Cc1ccc(NC(=O)COC(=O)c2ccc(S(N)(=O)=O)o2)cc1S(=O)(=O)N1CCCCCC1. The van der Waals surface area contributed by atoms with Gasteiger partial charge in [-0.15, -0.1) is 0 Å². The molecular weight excluding hydrogens is 474 g/mol. The van der Waals surface area contributed by atoms with E-state index in [4.69, 9.17) is 14.3 Å². The lowest BCUT2D eigenvalue weighted by Crippen LogP contribution is -2.32. The van der Waals surface area contributed by atoms with E-state index in [-0.39, 0.29) is 10.6 Å². The molecule has 0 bridgehead atoms. The second-order valence-electron chi connectivity index (χ2n) is 7.59. The van der Waals surface area contributed by atoms with Crippen LogP contribution in [0.1, 0.15) is 41.8 Å². The molecule has 1 aromatic carbocycles.